The monoisotopic (exact) mass is 208 g/mol. The summed E-state index contributed by atoms with van der Waals surface area (Å²) in [4.78, 5) is 6.92. The van der Waals surface area contributed by atoms with E-state index < -0.39 is 0 Å². The summed E-state index contributed by atoms with van der Waals surface area (Å²) in [6.07, 6.45) is 2.98. The molecule has 0 unspecified atom stereocenters. The van der Waals surface area contributed by atoms with Gasteiger partial charge in [-0.1, -0.05) is 0 Å². The minimum atomic E-state index is 1.08. The predicted octanol–water partition coefficient (Wildman–Crippen LogP) is 0.176. The average Bonchev–Trinajstić information content (AvgIpc) is 2.59. The smallest absolute Gasteiger partial charge is 0.0948 e. The van der Waals surface area contributed by atoms with E-state index in [1.165, 1.54) is 24.5 Å². The van der Waals surface area contributed by atoms with Gasteiger partial charge in [0.25, 0.3) is 0 Å². The molecule has 1 N–H and O–H groups in total. The molecule has 1 aromatic heterocycles. The summed E-state index contributed by atoms with van der Waals surface area (Å²) in [6, 6.07) is 0. The highest BCUT2D eigenvalue weighted by Crippen LogP contribution is 2.06. The fraction of sp³-hybridized carbons (Fsp3) is 0.727. The molecule has 0 spiro atoms. The summed E-state index contributed by atoms with van der Waals surface area (Å²) in [5.74, 6) is 0. The summed E-state index contributed by atoms with van der Waals surface area (Å²) in [5.41, 5.74) is 2.54. The number of hydrogen-bond donors (Lipinski definition) is 1. The Labute approximate surface area is 91.3 Å². The molecule has 0 aliphatic carbocycles. The van der Waals surface area contributed by atoms with Crippen LogP contribution in [0.4, 0.5) is 0 Å². The van der Waals surface area contributed by atoms with Gasteiger partial charge < -0.3 is 14.8 Å². The van der Waals surface area contributed by atoms with Crippen LogP contribution < -0.4 is 5.32 Å². The molecule has 0 amide bonds. The number of imidazole rings is 1. The van der Waals surface area contributed by atoms with Crippen molar-refractivity contribution in [2.24, 2.45) is 7.05 Å². The lowest BCUT2D eigenvalue weighted by molar-refractivity contribution is 0.243. The van der Waals surface area contributed by atoms with Gasteiger partial charge in [0.1, 0.15) is 0 Å². The van der Waals surface area contributed by atoms with E-state index in [-0.39, 0.29) is 0 Å². The van der Waals surface area contributed by atoms with Crippen LogP contribution in [0, 0.1) is 6.92 Å². The summed E-state index contributed by atoms with van der Waals surface area (Å²) >= 11 is 0. The van der Waals surface area contributed by atoms with E-state index in [1.54, 1.807) is 0 Å². The lowest BCUT2D eigenvalue weighted by Gasteiger charge is -2.26. The minimum absolute atomic E-state index is 1.08. The van der Waals surface area contributed by atoms with Crippen LogP contribution in [-0.2, 0) is 13.5 Å². The van der Waals surface area contributed by atoms with E-state index >= 15 is 0 Å². The van der Waals surface area contributed by atoms with Gasteiger partial charge in [0.05, 0.1) is 12.0 Å². The summed E-state index contributed by atoms with van der Waals surface area (Å²) < 4.78 is 2.09. The summed E-state index contributed by atoms with van der Waals surface area (Å²) in [5, 5.41) is 3.37. The maximum absolute atomic E-state index is 4.42. The fourth-order valence-corrected chi connectivity index (χ4v) is 1.98. The van der Waals surface area contributed by atoms with E-state index in [9.17, 15) is 0 Å². The van der Waals surface area contributed by atoms with Crippen LogP contribution in [0.15, 0.2) is 6.33 Å². The molecule has 0 bridgehead atoms. The number of rotatable bonds is 3. The van der Waals surface area contributed by atoms with E-state index in [0.29, 0.717) is 0 Å². The molecule has 4 heteroatoms. The molecule has 1 aromatic rings. The molecule has 15 heavy (non-hydrogen) atoms. The Bertz CT molecular complexity index is 312. The molecule has 0 aromatic carbocycles. The van der Waals surface area contributed by atoms with Crippen molar-refractivity contribution in [2.75, 3.05) is 32.7 Å². The number of aryl methyl sites for hydroxylation is 1. The maximum atomic E-state index is 4.42. The first kappa shape index (κ1) is 10.6. The van der Waals surface area contributed by atoms with Crippen molar-refractivity contribution in [2.45, 2.75) is 13.3 Å². The van der Waals surface area contributed by atoms with Crippen LogP contribution in [0.2, 0.25) is 0 Å². The summed E-state index contributed by atoms with van der Waals surface area (Å²) in [7, 11) is 2.05. The molecular weight excluding hydrogens is 188 g/mol. The Morgan fingerprint density at radius 2 is 2.13 bits per heavy atom. The molecule has 4 nitrogen and oxygen atoms in total. The molecular formula is C11H20N4. The van der Waals surface area contributed by atoms with Gasteiger partial charge in [0, 0.05) is 51.9 Å². The van der Waals surface area contributed by atoms with E-state index in [1.807, 2.05) is 6.33 Å². The van der Waals surface area contributed by atoms with Crippen molar-refractivity contribution in [3.8, 4) is 0 Å². The van der Waals surface area contributed by atoms with Crippen LogP contribution in [0.3, 0.4) is 0 Å². The third kappa shape index (κ3) is 2.58. The van der Waals surface area contributed by atoms with E-state index in [2.05, 4.69) is 33.7 Å². The third-order valence-corrected chi connectivity index (χ3v) is 3.21. The highest BCUT2D eigenvalue weighted by molar-refractivity contribution is 5.11. The minimum Gasteiger partial charge on any atom is -0.338 e. The van der Waals surface area contributed by atoms with Gasteiger partial charge in [-0.05, 0) is 6.92 Å². The zero-order chi connectivity index (χ0) is 10.7. The molecule has 2 rings (SSSR count). The van der Waals surface area contributed by atoms with Crippen LogP contribution in [-0.4, -0.2) is 47.2 Å². The number of hydrogen-bond acceptors (Lipinski definition) is 3. The second kappa shape index (κ2) is 4.77. The van der Waals surface area contributed by atoms with Gasteiger partial charge in [-0.2, -0.15) is 0 Å². The van der Waals surface area contributed by atoms with Crippen LogP contribution in [0.25, 0.3) is 0 Å². The average molecular weight is 208 g/mol. The number of aromatic nitrogens is 2. The zero-order valence-corrected chi connectivity index (χ0v) is 9.66. The lowest BCUT2D eigenvalue weighted by Crippen LogP contribution is -2.44. The normalized spacial score (nSPS) is 18.3. The molecule has 1 aliphatic rings. The highest BCUT2D eigenvalue weighted by atomic mass is 15.2. The Morgan fingerprint density at radius 1 is 1.40 bits per heavy atom. The van der Waals surface area contributed by atoms with Crippen molar-refractivity contribution < 1.29 is 0 Å². The largest absolute Gasteiger partial charge is 0.338 e. The van der Waals surface area contributed by atoms with E-state index in [0.717, 1.165) is 26.1 Å². The number of piperazine rings is 1. The van der Waals surface area contributed by atoms with Gasteiger partial charge in [-0.15, -0.1) is 0 Å². The van der Waals surface area contributed by atoms with Crippen molar-refractivity contribution in [3.05, 3.63) is 17.7 Å². The van der Waals surface area contributed by atoms with Gasteiger partial charge in [0.2, 0.25) is 0 Å². The second-order valence-electron chi connectivity index (χ2n) is 4.23. The molecule has 0 atom stereocenters. The number of nitrogens with zero attached hydrogens (tertiary/aromatic N) is 3. The third-order valence-electron chi connectivity index (χ3n) is 3.21. The second-order valence-corrected chi connectivity index (χ2v) is 4.23. The Morgan fingerprint density at radius 3 is 2.73 bits per heavy atom. The van der Waals surface area contributed by atoms with Gasteiger partial charge in [-0.25, -0.2) is 4.98 Å². The van der Waals surface area contributed by atoms with Crippen LogP contribution in [0.5, 0.6) is 0 Å². The zero-order valence-electron chi connectivity index (χ0n) is 9.66. The van der Waals surface area contributed by atoms with Crippen molar-refractivity contribution in [1.29, 1.82) is 0 Å². The molecule has 1 fully saturated rings. The lowest BCUT2D eigenvalue weighted by atomic mass is 10.2. The van der Waals surface area contributed by atoms with E-state index in [4.69, 9.17) is 0 Å². The van der Waals surface area contributed by atoms with Gasteiger partial charge in [0.15, 0.2) is 0 Å². The molecule has 1 saturated heterocycles. The van der Waals surface area contributed by atoms with Crippen molar-refractivity contribution >= 4 is 0 Å². The fourth-order valence-electron chi connectivity index (χ4n) is 1.98. The first-order chi connectivity index (χ1) is 7.27. The Hall–Kier alpha value is -0.870. The van der Waals surface area contributed by atoms with Crippen molar-refractivity contribution in [1.82, 2.24) is 19.8 Å². The molecule has 0 radical (unpaired) electrons. The molecule has 2 heterocycles. The number of nitrogens with one attached hydrogen (secondary N) is 1. The predicted molar refractivity (Wildman–Crippen MR) is 61.0 cm³/mol. The first-order valence-corrected chi connectivity index (χ1v) is 5.67. The standard InChI is InChI=1S/C11H20N4/c1-10-11(13-9-14(10)2)3-6-15-7-4-12-5-8-15/h9,12H,3-8H2,1-2H3. The molecule has 0 saturated carbocycles. The molecule has 1 aliphatic heterocycles. The van der Waals surface area contributed by atoms with Crippen molar-refractivity contribution in [3.63, 3.8) is 0 Å². The highest BCUT2D eigenvalue weighted by Gasteiger charge is 2.11. The SMILES string of the molecule is Cc1c(CCN2CCNCC2)ncn1C. The Kier molecular flexibility index (Phi) is 3.38. The van der Waals surface area contributed by atoms with Gasteiger partial charge in [-0.3, -0.25) is 0 Å². The quantitative estimate of drug-likeness (QED) is 0.769. The van der Waals surface area contributed by atoms with Crippen LogP contribution in [0.1, 0.15) is 11.4 Å². The van der Waals surface area contributed by atoms with Gasteiger partial charge >= 0.3 is 0 Å². The Balaban J connectivity index is 1.84. The topological polar surface area (TPSA) is 33.1 Å². The molecule has 84 valence electrons. The first-order valence-electron chi connectivity index (χ1n) is 5.67. The maximum Gasteiger partial charge on any atom is 0.0948 e. The van der Waals surface area contributed by atoms with Crippen LogP contribution >= 0.6 is 0 Å². The summed E-state index contributed by atoms with van der Waals surface area (Å²) in [6.45, 7) is 7.87.